The first-order valence-corrected chi connectivity index (χ1v) is 7.61. The molecule has 66 valence electrons. The molecule has 0 radical (unpaired) electrons. The Bertz CT molecular complexity index is 161. The van der Waals surface area contributed by atoms with Crippen molar-refractivity contribution in [3.8, 4) is 0 Å². The quantitative estimate of drug-likeness (QED) is 0.541. The van der Waals surface area contributed by atoms with Crippen molar-refractivity contribution >= 4 is 28.9 Å². The van der Waals surface area contributed by atoms with Crippen molar-refractivity contribution in [2.45, 2.75) is 13.3 Å². The number of hydrogen-bond acceptors (Lipinski definition) is 3. The van der Waals surface area contributed by atoms with Gasteiger partial charge < -0.3 is 9.42 Å². The van der Waals surface area contributed by atoms with Crippen LogP contribution >= 0.6 is 17.1 Å². The predicted octanol–water partition coefficient (Wildman–Crippen LogP) is 2.55. The van der Waals surface area contributed by atoms with Gasteiger partial charge in [0.15, 0.2) is 0 Å². The molecule has 0 amide bonds. The minimum atomic E-state index is -2.55. The molecule has 0 aromatic heterocycles. The molecular weight excluding hydrogens is 199 g/mol. The molecular formula is C6H13O2PS2. The summed E-state index contributed by atoms with van der Waals surface area (Å²) in [6.45, 7) is 6.05. The van der Waals surface area contributed by atoms with Crippen molar-refractivity contribution in [2.75, 3.05) is 12.4 Å². The van der Waals surface area contributed by atoms with E-state index in [1.54, 1.807) is 6.08 Å². The van der Waals surface area contributed by atoms with Crippen molar-refractivity contribution in [3.05, 3.63) is 12.7 Å². The molecule has 0 spiro atoms. The Morgan fingerprint density at radius 3 is 2.91 bits per heavy atom. The van der Waals surface area contributed by atoms with Gasteiger partial charge in [-0.3, -0.25) is 0 Å². The smallest absolute Gasteiger partial charge is 0.245 e. The molecule has 0 saturated carbocycles. The maximum atomic E-state index is 9.40. The summed E-state index contributed by atoms with van der Waals surface area (Å²) in [6, 6.07) is 0. The Labute approximate surface area is 76.9 Å². The maximum absolute atomic E-state index is 9.40. The molecule has 0 heterocycles. The zero-order valence-corrected chi connectivity index (χ0v) is 9.05. The van der Waals surface area contributed by atoms with E-state index >= 15 is 0 Å². The van der Waals surface area contributed by atoms with Crippen LogP contribution in [0.1, 0.15) is 13.3 Å². The van der Waals surface area contributed by atoms with Gasteiger partial charge >= 0.3 is 0 Å². The zero-order valence-electron chi connectivity index (χ0n) is 6.52. The van der Waals surface area contributed by atoms with Gasteiger partial charge in [-0.15, -0.1) is 6.58 Å². The number of rotatable bonds is 6. The van der Waals surface area contributed by atoms with Crippen molar-refractivity contribution in [1.29, 1.82) is 0 Å². The van der Waals surface area contributed by atoms with Crippen molar-refractivity contribution in [3.63, 3.8) is 0 Å². The molecule has 2 nitrogen and oxygen atoms in total. The molecule has 5 heteroatoms. The summed E-state index contributed by atoms with van der Waals surface area (Å²) in [6.07, 6.45) is 2.59. The molecule has 0 aromatic rings. The molecule has 0 aromatic carbocycles. The highest BCUT2D eigenvalue weighted by molar-refractivity contribution is 8.67. The van der Waals surface area contributed by atoms with Gasteiger partial charge in [0, 0.05) is 5.75 Å². The highest BCUT2D eigenvalue weighted by Crippen LogP contribution is 2.55. The Morgan fingerprint density at radius 2 is 2.45 bits per heavy atom. The van der Waals surface area contributed by atoms with E-state index in [1.165, 1.54) is 11.4 Å². The van der Waals surface area contributed by atoms with E-state index in [1.807, 2.05) is 6.92 Å². The van der Waals surface area contributed by atoms with Crippen LogP contribution in [0.25, 0.3) is 0 Å². The maximum Gasteiger partial charge on any atom is 0.245 e. The molecule has 0 aliphatic rings. The highest BCUT2D eigenvalue weighted by atomic mass is 32.9. The monoisotopic (exact) mass is 212 g/mol. The van der Waals surface area contributed by atoms with Gasteiger partial charge in [0.05, 0.1) is 6.61 Å². The molecule has 0 aliphatic carbocycles. The summed E-state index contributed by atoms with van der Waals surface area (Å²) < 4.78 is 5.08. The van der Waals surface area contributed by atoms with Gasteiger partial charge in [0.1, 0.15) is 0 Å². The summed E-state index contributed by atoms with van der Waals surface area (Å²) in [5, 5.41) is 0. The first-order valence-electron chi connectivity index (χ1n) is 3.35. The predicted molar refractivity (Wildman–Crippen MR) is 55.4 cm³/mol. The molecule has 0 aliphatic heterocycles. The van der Waals surface area contributed by atoms with Crippen molar-refractivity contribution in [2.24, 2.45) is 0 Å². The zero-order chi connectivity index (χ0) is 8.74. The fourth-order valence-electron chi connectivity index (χ4n) is 0.391. The van der Waals surface area contributed by atoms with Crippen LogP contribution in [0.4, 0.5) is 0 Å². The summed E-state index contributed by atoms with van der Waals surface area (Å²) in [5.74, 6) is 0.650. The van der Waals surface area contributed by atoms with Gasteiger partial charge in [-0.05, 0) is 18.2 Å². The van der Waals surface area contributed by atoms with Crippen LogP contribution in [0, 0.1) is 0 Å². The third kappa shape index (κ3) is 7.04. The van der Waals surface area contributed by atoms with Crippen molar-refractivity contribution < 1.29 is 9.42 Å². The van der Waals surface area contributed by atoms with Crippen LogP contribution in [-0.2, 0) is 16.3 Å². The molecule has 1 atom stereocenters. The van der Waals surface area contributed by atoms with Crippen LogP contribution < -0.4 is 0 Å². The Balaban J connectivity index is 3.61. The Kier molecular flexibility index (Phi) is 6.58. The summed E-state index contributed by atoms with van der Waals surface area (Å²) >= 11 is 6.09. The standard InChI is InChI=1S/C6H13O2PS2/c1-3-5-8-9(7,10)11-6-4-2/h4H,2-3,5-6H2,1H3,(H,7,10). The lowest BCUT2D eigenvalue weighted by molar-refractivity contribution is 0.320. The molecule has 11 heavy (non-hydrogen) atoms. The van der Waals surface area contributed by atoms with Crippen LogP contribution in [0.2, 0.25) is 0 Å². The third-order valence-electron chi connectivity index (χ3n) is 0.814. The van der Waals surface area contributed by atoms with Crippen LogP contribution in [0.5, 0.6) is 0 Å². The Morgan fingerprint density at radius 1 is 1.82 bits per heavy atom. The van der Waals surface area contributed by atoms with Crippen molar-refractivity contribution in [1.82, 2.24) is 0 Å². The second-order valence-electron chi connectivity index (χ2n) is 1.89. The fraction of sp³-hybridized carbons (Fsp3) is 0.667. The van der Waals surface area contributed by atoms with E-state index in [0.29, 0.717) is 12.4 Å². The average molecular weight is 212 g/mol. The molecule has 1 N–H and O–H groups in total. The highest BCUT2D eigenvalue weighted by Gasteiger charge is 2.11. The lowest BCUT2D eigenvalue weighted by atomic mass is 10.5. The van der Waals surface area contributed by atoms with E-state index < -0.39 is 5.69 Å². The van der Waals surface area contributed by atoms with Gasteiger partial charge in [-0.25, -0.2) is 0 Å². The normalized spacial score (nSPS) is 15.8. The van der Waals surface area contributed by atoms with Gasteiger partial charge in [-0.1, -0.05) is 24.4 Å². The van der Waals surface area contributed by atoms with Crippen LogP contribution in [0.15, 0.2) is 12.7 Å². The minimum Gasteiger partial charge on any atom is -0.337 e. The molecule has 0 fully saturated rings. The third-order valence-corrected chi connectivity index (χ3v) is 5.04. The largest absolute Gasteiger partial charge is 0.337 e. The topological polar surface area (TPSA) is 29.5 Å². The van der Waals surface area contributed by atoms with Crippen LogP contribution in [-0.4, -0.2) is 17.3 Å². The molecule has 1 unspecified atom stereocenters. The summed E-state index contributed by atoms with van der Waals surface area (Å²) in [4.78, 5) is 9.40. The minimum absolute atomic E-state index is 0.540. The second kappa shape index (κ2) is 6.21. The second-order valence-corrected chi connectivity index (χ2v) is 8.11. The van der Waals surface area contributed by atoms with Crippen LogP contribution in [0.3, 0.4) is 0 Å². The van der Waals surface area contributed by atoms with Gasteiger partial charge in [-0.2, -0.15) is 0 Å². The van der Waals surface area contributed by atoms with E-state index in [-0.39, 0.29) is 0 Å². The molecule has 0 saturated heterocycles. The summed E-state index contributed by atoms with van der Waals surface area (Å²) in [5.41, 5.74) is -2.55. The SMILES string of the molecule is C=CCSP(O)(=S)OCCC. The average Bonchev–Trinajstić information content (AvgIpc) is 1.97. The van der Waals surface area contributed by atoms with E-state index in [2.05, 4.69) is 6.58 Å². The van der Waals surface area contributed by atoms with E-state index in [9.17, 15) is 4.89 Å². The molecule has 0 bridgehead atoms. The summed E-state index contributed by atoms with van der Waals surface area (Å²) in [7, 11) is 0. The Hall–Kier alpha value is 0.660. The first kappa shape index (κ1) is 11.7. The molecule has 0 rings (SSSR count). The van der Waals surface area contributed by atoms with E-state index in [0.717, 1.165) is 6.42 Å². The van der Waals surface area contributed by atoms with E-state index in [4.69, 9.17) is 16.3 Å². The van der Waals surface area contributed by atoms with Gasteiger partial charge in [0.25, 0.3) is 0 Å². The fourth-order valence-corrected chi connectivity index (χ4v) is 3.27. The lowest BCUT2D eigenvalue weighted by Crippen LogP contribution is -1.87. The van der Waals surface area contributed by atoms with Gasteiger partial charge in [0.2, 0.25) is 5.69 Å². The number of hydrogen-bond donors (Lipinski definition) is 1. The first-order chi connectivity index (χ1) is 5.12. The lowest BCUT2D eigenvalue weighted by Gasteiger charge is -2.12.